The van der Waals surface area contributed by atoms with Crippen LogP contribution >= 0.6 is 0 Å². The molecule has 0 aromatic heterocycles. The summed E-state index contributed by atoms with van der Waals surface area (Å²) in [6, 6.07) is 5.74. The summed E-state index contributed by atoms with van der Waals surface area (Å²) >= 11 is 0. The van der Waals surface area contributed by atoms with Crippen LogP contribution in [0, 0.1) is 10.1 Å². The van der Waals surface area contributed by atoms with E-state index in [2.05, 4.69) is 11.9 Å². The third kappa shape index (κ3) is 4.70. The first-order chi connectivity index (χ1) is 10.6. The minimum atomic E-state index is -0.785. The molecule has 0 N–H and O–H groups in total. The molecule has 1 unspecified atom stereocenters. The molecular weight excluding hydrogens is 288 g/mol. The van der Waals surface area contributed by atoms with E-state index in [1.165, 1.54) is 37.1 Å². The van der Waals surface area contributed by atoms with Gasteiger partial charge in [-0.1, -0.05) is 6.42 Å². The third-order valence-corrected chi connectivity index (χ3v) is 3.84. The molecule has 0 aliphatic carbocycles. The van der Waals surface area contributed by atoms with Crippen molar-refractivity contribution in [1.82, 2.24) is 4.90 Å². The summed E-state index contributed by atoms with van der Waals surface area (Å²) in [4.78, 5) is 23.9. The molecule has 7 heteroatoms. The Labute approximate surface area is 129 Å². The second kappa shape index (κ2) is 7.74. The summed E-state index contributed by atoms with van der Waals surface area (Å²) in [7, 11) is 2.08. The van der Waals surface area contributed by atoms with E-state index in [9.17, 15) is 14.9 Å². The third-order valence-electron chi connectivity index (χ3n) is 3.84. The van der Waals surface area contributed by atoms with Gasteiger partial charge in [0, 0.05) is 18.2 Å². The fourth-order valence-corrected chi connectivity index (χ4v) is 2.55. The summed E-state index contributed by atoms with van der Waals surface area (Å²) in [6.45, 7) is 1.39. The average molecular weight is 308 g/mol. The number of carbonyl (C=O) groups excluding carboxylic acids is 1. The molecule has 0 bridgehead atoms. The van der Waals surface area contributed by atoms with Crippen LogP contribution in [-0.2, 0) is 4.74 Å². The predicted octanol–water partition coefficient (Wildman–Crippen LogP) is 2.98. The van der Waals surface area contributed by atoms with Gasteiger partial charge in [-0.15, -0.1) is 0 Å². The first-order valence-corrected chi connectivity index (χ1v) is 7.35. The summed E-state index contributed by atoms with van der Waals surface area (Å²) in [5.74, 6) is 0.227. The smallest absolute Gasteiger partial charge is 0.434 e. The molecule has 1 aromatic rings. The summed E-state index contributed by atoms with van der Waals surface area (Å²) in [6.07, 6.45) is 3.55. The molecule has 0 amide bonds. The molecule has 1 aliphatic heterocycles. The van der Waals surface area contributed by atoms with Crippen molar-refractivity contribution >= 4 is 11.8 Å². The molecule has 2 rings (SSSR count). The highest BCUT2D eigenvalue weighted by molar-refractivity contribution is 5.63. The maximum absolute atomic E-state index is 11.6. The highest BCUT2D eigenvalue weighted by atomic mass is 16.7. The highest BCUT2D eigenvalue weighted by Gasteiger charge is 2.19. The van der Waals surface area contributed by atoms with E-state index in [-0.39, 0.29) is 11.4 Å². The van der Waals surface area contributed by atoms with Gasteiger partial charge in [-0.25, -0.2) is 4.79 Å². The van der Waals surface area contributed by atoms with Gasteiger partial charge < -0.3 is 14.4 Å². The number of rotatable bonds is 5. The summed E-state index contributed by atoms with van der Waals surface area (Å²) in [5, 5.41) is 10.5. The molecular formula is C15H20N2O5. The summed E-state index contributed by atoms with van der Waals surface area (Å²) in [5.41, 5.74) is -0.0546. The topological polar surface area (TPSA) is 81.9 Å². The maximum Gasteiger partial charge on any atom is 0.513 e. The lowest BCUT2D eigenvalue weighted by Crippen LogP contribution is -2.37. The van der Waals surface area contributed by atoms with Gasteiger partial charge >= 0.3 is 6.16 Å². The number of hydrogen-bond donors (Lipinski definition) is 0. The zero-order valence-electron chi connectivity index (χ0n) is 12.6. The SMILES string of the molecule is CN1CCCCC1CCOC(=O)Oc1ccc([N+](=O)[O-])cc1. The van der Waals surface area contributed by atoms with Crippen molar-refractivity contribution in [1.29, 1.82) is 0 Å². The highest BCUT2D eigenvalue weighted by Crippen LogP contribution is 2.19. The molecule has 22 heavy (non-hydrogen) atoms. The molecule has 120 valence electrons. The second-order valence-electron chi connectivity index (χ2n) is 5.37. The molecule has 1 atom stereocenters. The fraction of sp³-hybridized carbons (Fsp3) is 0.533. The van der Waals surface area contributed by atoms with Crippen molar-refractivity contribution in [3.63, 3.8) is 0 Å². The number of non-ortho nitro benzene ring substituents is 1. The van der Waals surface area contributed by atoms with Crippen molar-refractivity contribution in [2.75, 3.05) is 20.2 Å². The van der Waals surface area contributed by atoms with Crippen molar-refractivity contribution < 1.29 is 19.2 Å². The van der Waals surface area contributed by atoms with Crippen molar-refractivity contribution in [2.24, 2.45) is 0 Å². The van der Waals surface area contributed by atoms with Crippen LogP contribution in [-0.4, -0.2) is 42.2 Å². The van der Waals surface area contributed by atoms with E-state index in [0.717, 1.165) is 19.4 Å². The first kappa shape index (κ1) is 16.2. The Kier molecular flexibility index (Phi) is 5.71. The molecule has 1 fully saturated rings. The average Bonchev–Trinajstić information content (AvgIpc) is 2.50. The van der Waals surface area contributed by atoms with E-state index < -0.39 is 11.1 Å². The van der Waals surface area contributed by atoms with E-state index in [1.807, 2.05) is 0 Å². The van der Waals surface area contributed by atoms with Crippen LogP contribution < -0.4 is 4.74 Å². The number of nitro benzene ring substituents is 1. The molecule has 0 radical (unpaired) electrons. The largest absolute Gasteiger partial charge is 0.513 e. The lowest BCUT2D eigenvalue weighted by molar-refractivity contribution is -0.384. The first-order valence-electron chi connectivity index (χ1n) is 7.35. The zero-order chi connectivity index (χ0) is 15.9. The Balaban J connectivity index is 1.72. The quantitative estimate of drug-likeness (QED) is 0.360. The van der Waals surface area contributed by atoms with Gasteiger partial charge in [-0.05, 0) is 45.0 Å². The van der Waals surface area contributed by atoms with Crippen LogP contribution in [0.4, 0.5) is 10.5 Å². The van der Waals surface area contributed by atoms with Gasteiger partial charge in [0.05, 0.1) is 11.5 Å². The Hall–Kier alpha value is -2.15. The number of nitrogens with zero attached hydrogens (tertiary/aromatic N) is 2. The van der Waals surface area contributed by atoms with E-state index in [4.69, 9.17) is 9.47 Å². The Morgan fingerprint density at radius 2 is 2.09 bits per heavy atom. The lowest BCUT2D eigenvalue weighted by Gasteiger charge is -2.32. The number of piperidine rings is 1. The second-order valence-corrected chi connectivity index (χ2v) is 5.37. The number of nitro groups is 1. The Morgan fingerprint density at radius 3 is 2.73 bits per heavy atom. The molecule has 1 heterocycles. The maximum atomic E-state index is 11.6. The van der Waals surface area contributed by atoms with Gasteiger partial charge in [0.2, 0.25) is 0 Å². The van der Waals surface area contributed by atoms with E-state index in [1.54, 1.807) is 0 Å². The number of benzene rings is 1. The molecule has 1 saturated heterocycles. The standard InChI is InChI=1S/C15H20N2O5/c1-16-10-3-2-4-12(16)9-11-21-15(18)22-14-7-5-13(6-8-14)17(19)20/h5-8,12H,2-4,9-11H2,1H3. The van der Waals surface area contributed by atoms with Gasteiger partial charge in [0.1, 0.15) is 5.75 Å². The Morgan fingerprint density at radius 1 is 1.36 bits per heavy atom. The minimum absolute atomic E-state index is 0.0546. The molecule has 1 aliphatic rings. The number of carbonyl (C=O) groups is 1. The molecule has 7 nitrogen and oxygen atoms in total. The van der Waals surface area contributed by atoms with Crippen molar-refractivity contribution in [3.05, 3.63) is 34.4 Å². The van der Waals surface area contributed by atoms with Crippen LogP contribution in [0.3, 0.4) is 0 Å². The molecule has 0 spiro atoms. The minimum Gasteiger partial charge on any atom is -0.434 e. The number of hydrogen-bond acceptors (Lipinski definition) is 6. The van der Waals surface area contributed by atoms with Crippen LogP contribution in [0.2, 0.25) is 0 Å². The zero-order valence-corrected chi connectivity index (χ0v) is 12.6. The van der Waals surface area contributed by atoms with Crippen molar-refractivity contribution in [3.8, 4) is 5.75 Å². The van der Waals surface area contributed by atoms with Crippen molar-refractivity contribution in [2.45, 2.75) is 31.7 Å². The van der Waals surface area contributed by atoms with Gasteiger partial charge in [-0.3, -0.25) is 10.1 Å². The lowest BCUT2D eigenvalue weighted by atomic mass is 10.0. The van der Waals surface area contributed by atoms with Gasteiger partial charge in [-0.2, -0.15) is 0 Å². The molecule has 0 saturated carbocycles. The normalized spacial score (nSPS) is 18.7. The van der Waals surface area contributed by atoms with E-state index >= 15 is 0 Å². The number of ether oxygens (including phenoxy) is 2. The monoisotopic (exact) mass is 308 g/mol. The fourth-order valence-electron chi connectivity index (χ4n) is 2.55. The van der Waals surface area contributed by atoms with Crippen LogP contribution in [0.5, 0.6) is 5.75 Å². The molecule has 1 aromatic carbocycles. The van der Waals surface area contributed by atoms with Crippen LogP contribution in [0.1, 0.15) is 25.7 Å². The Bertz CT molecular complexity index is 517. The van der Waals surface area contributed by atoms with Gasteiger partial charge in [0.15, 0.2) is 0 Å². The van der Waals surface area contributed by atoms with E-state index in [0.29, 0.717) is 12.6 Å². The number of likely N-dealkylation sites (tertiary alicyclic amines) is 1. The van der Waals surface area contributed by atoms with Gasteiger partial charge in [0.25, 0.3) is 5.69 Å². The summed E-state index contributed by atoms with van der Waals surface area (Å²) < 4.78 is 10.0. The van der Waals surface area contributed by atoms with Crippen LogP contribution in [0.25, 0.3) is 0 Å². The van der Waals surface area contributed by atoms with Crippen LogP contribution in [0.15, 0.2) is 24.3 Å². The predicted molar refractivity (Wildman–Crippen MR) is 80.0 cm³/mol.